The Bertz CT molecular complexity index is 389. The number of para-hydroxylation sites is 1. The number of hydrogen-bond acceptors (Lipinski definition) is 3. The molecule has 1 saturated heterocycles. The van der Waals surface area contributed by atoms with Crippen LogP contribution in [0.4, 0.5) is 10.1 Å². The standard InChI is InChI=1S/C13H19FN2O/c1-9(15)11-4-3-5-12(14)13(11)16(2)10-6-7-17-8-10/h3-5,9-10H,6-8,15H2,1-2H3/t9-,10?/m0/s1. The van der Waals surface area contributed by atoms with Gasteiger partial charge in [-0.25, -0.2) is 4.39 Å². The van der Waals surface area contributed by atoms with E-state index >= 15 is 0 Å². The molecule has 0 aliphatic carbocycles. The van der Waals surface area contributed by atoms with Gasteiger partial charge in [-0.2, -0.15) is 0 Å². The molecule has 2 atom stereocenters. The van der Waals surface area contributed by atoms with Crippen LogP contribution in [-0.2, 0) is 4.74 Å². The molecule has 2 rings (SSSR count). The van der Waals surface area contributed by atoms with Gasteiger partial charge in [-0.1, -0.05) is 12.1 Å². The molecule has 0 aromatic heterocycles. The van der Waals surface area contributed by atoms with Gasteiger partial charge in [-0.05, 0) is 25.0 Å². The van der Waals surface area contributed by atoms with Gasteiger partial charge in [-0.3, -0.25) is 0 Å². The maximum absolute atomic E-state index is 14.0. The largest absolute Gasteiger partial charge is 0.379 e. The summed E-state index contributed by atoms with van der Waals surface area (Å²) >= 11 is 0. The van der Waals surface area contributed by atoms with Crippen molar-refractivity contribution in [2.75, 3.05) is 25.2 Å². The molecule has 94 valence electrons. The number of ether oxygens (including phenoxy) is 1. The fourth-order valence-corrected chi connectivity index (χ4v) is 2.28. The monoisotopic (exact) mass is 238 g/mol. The van der Waals surface area contributed by atoms with Gasteiger partial charge in [0.25, 0.3) is 0 Å². The summed E-state index contributed by atoms with van der Waals surface area (Å²) < 4.78 is 19.3. The first-order valence-electron chi connectivity index (χ1n) is 5.96. The second kappa shape index (κ2) is 5.02. The number of halogens is 1. The molecule has 0 radical (unpaired) electrons. The van der Waals surface area contributed by atoms with E-state index in [1.54, 1.807) is 6.07 Å². The topological polar surface area (TPSA) is 38.5 Å². The maximum atomic E-state index is 14.0. The second-order valence-corrected chi connectivity index (χ2v) is 4.59. The lowest BCUT2D eigenvalue weighted by Crippen LogP contribution is -2.33. The van der Waals surface area contributed by atoms with Crippen LogP contribution in [0, 0.1) is 5.82 Å². The minimum Gasteiger partial charge on any atom is -0.379 e. The zero-order valence-corrected chi connectivity index (χ0v) is 10.3. The highest BCUT2D eigenvalue weighted by Crippen LogP contribution is 2.30. The zero-order valence-electron chi connectivity index (χ0n) is 10.3. The van der Waals surface area contributed by atoms with E-state index < -0.39 is 0 Å². The second-order valence-electron chi connectivity index (χ2n) is 4.59. The molecule has 0 spiro atoms. The van der Waals surface area contributed by atoms with Gasteiger partial charge in [0.1, 0.15) is 5.82 Å². The van der Waals surface area contributed by atoms with Gasteiger partial charge in [0.05, 0.1) is 18.3 Å². The predicted molar refractivity (Wildman–Crippen MR) is 66.6 cm³/mol. The van der Waals surface area contributed by atoms with E-state index in [-0.39, 0.29) is 17.9 Å². The summed E-state index contributed by atoms with van der Waals surface area (Å²) in [5.74, 6) is -0.214. The lowest BCUT2D eigenvalue weighted by atomic mass is 10.0. The van der Waals surface area contributed by atoms with Gasteiger partial charge in [-0.15, -0.1) is 0 Å². The average molecular weight is 238 g/mol. The number of nitrogens with zero attached hydrogens (tertiary/aromatic N) is 1. The van der Waals surface area contributed by atoms with Crippen LogP contribution in [0.15, 0.2) is 18.2 Å². The number of anilines is 1. The Labute approximate surface area is 101 Å². The smallest absolute Gasteiger partial charge is 0.146 e. The summed E-state index contributed by atoms with van der Waals surface area (Å²) in [6.07, 6.45) is 0.934. The van der Waals surface area contributed by atoms with E-state index in [9.17, 15) is 4.39 Å². The van der Waals surface area contributed by atoms with Crippen molar-refractivity contribution in [1.82, 2.24) is 0 Å². The third-order valence-corrected chi connectivity index (χ3v) is 3.31. The van der Waals surface area contributed by atoms with E-state index in [0.717, 1.165) is 18.6 Å². The minimum absolute atomic E-state index is 0.175. The van der Waals surface area contributed by atoms with Crippen LogP contribution < -0.4 is 10.6 Å². The Kier molecular flexibility index (Phi) is 3.64. The molecule has 1 heterocycles. The van der Waals surface area contributed by atoms with Crippen LogP contribution in [0.25, 0.3) is 0 Å². The molecule has 1 fully saturated rings. The SMILES string of the molecule is C[C@H](N)c1cccc(F)c1N(C)C1CCOC1. The molecule has 0 amide bonds. The molecule has 3 nitrogen and oxygen atoms in total. The van der Waals surface area contributed by atoms with Gasteiger partial charge in [0.15, 0.2) is 0 Å². The third-order valence-electron chi connectivity index (χ3n) is 3.31. The molecule has 1 aromatic carbocycles. The molecule has 1 aliphatic rings. The van der Waals surface area contributed by atoms with E-state index in [0.29, 0.717) is 12.3 Å². The Hall–Kier alpha value is -1.13. The summed E-state index contributed by atoms with van der Waals surface area (Å²) in [5, 5.41) is 0. The molecule has 4 heteroatoms. The van der Waals surface area contributed by atoms with Crippen molar-refractivity contribution in [2.45, 2.75) is 25.4 Å². The van der Waals surface area contributed by atoms with Crippen molar-refractivity contribution in [3.8, 4) is 0 Å². The number of hydrogen-bond donors (Lipinski definition) is 1. The molecule has 2 N–H and O–H groups in total. The van der Waals surface area contributed by atoms with E-state index in [1.807, 2.05) is 24.9 Å². The van der Waals surface area contributed by atoms with Crippen molar-refractivity contribution < 1.29 is 9.13 Å². The maximum Gasteiger partial charge on any atom is 0.146 e. The molecule has 1 unspecified atom stereocenters. The quantitative estimate of drug-likeness (QED) is 0.876. The number of nitrogens with two attached hydrogens (primary N) is 1. The molecular formula is C13H19FN2O. The van der Waals surface area contributed by atoms with Crippen LogP contribution >= 0.6 is 0 Å². The van der Waals surface area contributed by atoms with E-state index in [4.69, 9.17) is 10.5 Å². The van der Waals surface area contributed by atoms with Crippen molar-refractivity contribution in [2.24, 2.45) is 5.73 Å². The lowest BCUT2D eigenvalue weighted by molar-refractivity contribution is 0.193. The van der Waals surface area contributed by atoms with Crippen molar-refractivity contribution in [1.29, 1.82) is 0 Å². The van der Waals surface area contributed by atoms with Crippen molar-refractivity contribution in [3.63, 3.8) is 0 Å². The number of rotatable bonds is 3. The fraction of sp³-hybridized carbons (Fsp3) is 0.538. The van der Waals surface area contributed by atoms with Crippen LogP contribution in [0.1, 0.15) is 24.9 Å². The van der Waals surface area contributed by atoms with Crippen molar-refractivity contribution in [3.05, 3.63) is 29.6 Å². The van der Waals surface area contributed by atoms with Gasteiger partial charge >= 0.3 is 0 Å². The van der Waals surface area contributed by atoms with Gasteiger partial charge in [0.2, 0.25) is 0 Å². The van der Waals surface area contributed by atoms with Crippen LogP contribution in [0.2, 0.25) is 0 Å². The minimum atomic E-state index is -0.214. The van der Waals surface area contributed by atoms with E-state index in [2.05, 4.69) is 0 Å². The molecule has 0 bridgehead atoms. The Morgan fingerprint density at radius 2 is 2.29 bits per heavy atom. The molecule has 1 aromatic rings. The molecule has 0 saturated carbocycles. The van der Waals surface area contributed by atoms with Crippen LogP contribution in [0.3, 0.4) is 0 Å². The summed E-state index contributed by atoms with van der Waals surface area (Å²) in [6, 6.07) is 5.13. The first kappa shape index (κ1) is 12.3. The van der Waals surface area contributed by atoms with E-state index in [1.165, 1.54) is 6.07 Å². The lowest BCUT2D eigenvalue weighted by Gasteiger charge is -2.29. The summed E-state index contributed by atoms with van der Waals surface area (Å²) in [4.78, 5) is 1.96. The van der Waals surface area contributed by atoms with Gasteiger partial charge in [0, 0.05) is 19.7 Å². The van der Waals surface area contributed by atoms with Crippen molar-refractivity contribution >= 4 is 5.69 Å². The van der Waals surface area contributed by atoms with Gasteiger partial charge < -0.3 is 15.4 Å². The fourth-order valence-electron chi connectivity index (χ4n) is 2.28. The predicted octanol–water partition coefficient (Wildman–Crippen LogP) is 2.07. The molecule has 17 heavy (non-hydrogen) atoms. The Balaban J connectivity index is 2.35. The Morgan fingerprint density at radius 3 is 2.88 bits per heavy atom. The number of likely N-dealkylation sites (N-methyl/N-ethyl adjacent to an activating group) is 1. The first-order valence-corrected chi connectivity index (χ1v) is 5.96. The summed E-state index contributed by atoms with van der Waals surface area (Å²) in [7, 11) is 1.91. The third kappa shape index (κ3) is 2.42. The van der Waals surface area contributed by atoms with Crippen LogP contribution in [0.5, 0.6) is 0 Å². The summed E-state index contributed by atoms with van der Waals surface area (Å²) in [5.41, 5.74) is 7.35. The Morgan fingerprint density at radius 1 is 1.53 bits per heavy atom. The highest BCUT2D eigenvalue weighted by molar-refractivity contribution is 5.56. The average Bonchev–Trinajstić information content (AvgIpc) is 2.81. The zero-order chi connectivity index (χ0) is 12.4. The number of benzene rings is 1. The molecular weight excluding hydrogens is 219 g/mol. The summed E-state index contributed by atoms with van der Waals surface area (Å²) in [6.45, 7) is 3.28. The first-order chi connectivity index (χ1) is 8.11. The van der Waals surface area contributed by atoms with Crippen LogP contribution in [-0.4, -0.2) is 26.3 Å². The molecule has 1 aliphatic heterocycles. The highest BCUT2D eigenvalue weighted by Gasteiger charge is 2.25. The normalized spacial score (nSPS) is 21.5. The highest BCUT2D eigenvalue weighted by atomic mass is 19.1.